The summed E-state index contributed by atoms with van der Waals surface area (Å²) in [6, 6.07) is 19.9. The zero-order chi connectivity index (χ0) is 14.4. The summed E-state index contributed by atoms with van der Waals surface area (Å²) in [7, 11) is 0. The lowest BCUT2D eigenvalue weighted by atomic mass is 9.96. The second-order valence-electron chi connectivity index (χ2n) is 4.48. The summed E-state index contributed by atoms with van der Waals surface area (Å²) in [6.07, 6.45) is 0. The summed E-state index contributed by atoms with van der Waals surface area (Å²) in [5, 5.41) is 11.8. The number of hydrogen-bond donors (Lipinski definition) is 2. The van der Waals surface area contributed by atoms with Gasteiger partial charge in [0.05, 0.1) is 0 Å². The maximum absolute atomic E-state index is 10.7. The second-order valence-corrected chi connectivity index (χ2v) is 4.48. The molecule has 0 atom stereocenters. The number of carbonyl (C=O) groups is 1. The van der Waals surface area contributed by atoms with E-state index in [9.17, 15) is 4.79 Å². The molecule has 0 heterocycles. The van der Waals surface area contributed by atoms with E-state index in [1.165, 1.54) is 0 Å². The Hall–Kier alpha value is -2.55. The average Bonchev–Trinajstić information content (AvgIpc) is 2.48. The third-order valence-corrected chi connectivity index (χ3v) is 3.00. The molecule has 0 saturated heterocycles. The molecule has 0 aromatic heterocycles. The summed E-state index contributed by atoms with van der Waals surface area (Å²) < 4.78 is 0. The molecule has 0 spiro atoms. The van der Waals surface area contributed by atoms with Crippen LogP contribution in [0.15, 0.2) is 66.4 Å². The van der Waals surface area contributed by atoms with E-state index in [-0.39, 0.29) is 6.54 Å². The molecule has 0 radical (unpaired) electrons. The standard InChI is InChI=1S/C17H17NO2/c1-13(18-12-16(19)20)17(14-8-4-2-5-9-14)15-10-6-3-7-11-15/h2-11,18H,12H2,1H3,(H,19,20). The van der Waals surface area contributed by atoms with E-state index in [0.29, 0.717) is 0 Å². The normalized spacial score (nSPS) is 9.85. The summed E-state index contributed by atoms with van der Waals surface area (Å²) >= 11 is 0. The number of hydrogen-bond acceptors (Lipinski definition) is 2. The van der Waals surface area contributed by atoms with Crippen molar-refractivity contribution in [1.82, 2.24) is 5.32 Å². The zero-order valence-electron chi connectivity index (χ0n) is 11.3. The van der Waals surface area contributed by atoms with Crippen LogP contribution >= 0.6 is 0 Å². The molecule has 0 aliphatic carbocycles. The van der Waals surface area contributed by atoms with Crippen LogP contribution < -0.4 is 5.32 Å². The Morgan fingerprint density at radius 1 is 0.950 bits per heavy atom. The van der Waals surface area contributed by atoms with E-state index >= 15 is 0 Å². The molecular weight excluding hydrogens is 250 g/mol. The predicted molar refractivity (Wildman–Crippen MR) is 80.2 cm³/mol. The van der Waals surface area contributed by atoms with Crippen LogP contribution in [0, 0.1) is 0 Å². The Labute approximate surface area is 118 Å². The monoisotopic (exact) mass is 267 g/mol. The van der Waals surface area contributed by atoms with Crippen molar-refractivity contribution < 1.29 is 9.90 Å². The van der Waals surface area contributed by atoms with Crippen LogP contribution in [0.4, 0.5) is 0 Å². The van der Waals surface area contributed by atoms with Crippen molar-refractivity contribution in [3.8, 4) is 0 Å². The van der Waals surface area contributed by atoms with Gasteiger partial charge < -0.3 is 10.4 Å². The lowest BCUT2D eigenvalue weighted by Crippen LogP contribution is -2.21. The fourth-order valence-electron chi connectivity index (χ4n) is 2.11. The van der Waals surface area contributed by atoms with Crippen LogP contribution in [0.3, 0.4) is 0 Å². The topological polar surface area (TPSA) is 49.3 Å². The minimum atomic E-state index is -0.871. The third kappa shape index (κ3) is 3.48. The molecule has 0 unspecified atom stereocenters. The third-order valence-electron chi connectivity index (χ3n) is 3.00. The maximum atomic E-state index is 10.7. The highest BCUT2D eigenvalue weighted by atomic mass is 16.4. The molecule has 20 heavy (non-hydrogen) atoms. The van der Waals surface area contributed by atoms with Gasteiger partial charge in [0.1, 0.15) is 6.54 Å². The Morgan fingerprint density at radius 2 is 1.40 bits per heavy atom. The highest BCUT2D eigenvalue weighted by Gasteiger charge is 2.09. The van der Waals surface area contributed by atoms with Gasteiger partial charge >= 0.3 is 5.97 Å². The van der Waals surface area contributed by atoms with Crippen LogP contribution in [0.1, 0.15) is 18.1 Å². The average molecular weight is 267 g/mol. The molecule has 0 fully saturated rings. The van der Waals surface area contributed by atoms with Crippen LogP contribution in [-0.2, 0) is 4.79 Å². The number of carboxylic acid groups (broad SMARTS) is 1. The number of aliphatic carboxylic acids is 1. The minimum Gasteiger partial charge on any atom is -0.480 e. The summed E-state index contributed by atoms with van der Waals surface area (Å²) in [5.74, 6) is -0.871. The molecule has 0 amide bonds. The molecule has 2 rings (SSSR count). The fraction of sp³-hybridized carbons (Fsp3) is 0.118. The number of nitrogens with one attached hydrogen (secondary N) is 1. The first kappa shape index (κ1) is 13.9. The molecule has 2 N–H and O–H groups in total. The SMILES string of the molecule is CC(NCC(=O)O)=C(c1ccccc1)c1ccccc1. The molecular formula is C17H17NO2. The maximum Gasteiger partial charge on any atom is 0.322 e. The molecule has 0 saturated carbocycles. The lowest BCUT2D eigenvalue weighted by Gasteiger charge is -2.14. The Kier molecular flexibility index (Phi) is 4.56. The predicted octanol–water partition coefficient (Wildman–Crippen LogP) is 3.14. The summed E-state index contributed by atoms with van der Waals surface area (Å²) in [6.45, 7) is 1.81. The van der Waals surface area contributed by atoms with Crippen molar-refractivity contribution in [3.05, 3.63) is 77.5 Å². The number of benzene rings is 2. The Bertz CT molecular complexity index is 562. The van der Waals surface area contributed by atoms with Crippen LogP contribution in [-0.4, -0.2) is 17.6 Å². The van der Waals surface area contributed by atoms with Crippen molar-refractivity contribution in [2.24, 2.45) is 0 Å². The van der Waals surface area contributed by atoms with Gasteiger partial charge in [-0.1, -0.05) is 60.7 Å². The quantitative estimate of drug-likeness (QED) is 0.875. The van der Waals surface area contributed by atoms with Gasteiger partial charge in [-0.3, -0.25) is 4.79 Å². The highest BCUT2D eigenvalue weighted by Crippen LogP contribution is 2.25. The molecule has 0 aliphatic heterocycles. The molecule has 0 bridgehead atoms. The highest BCUT2D eigenvalue weighted by molar-refractivity contribution is 5.82. The van der Waals surface area contributed by atoms with E-state index in [2.05, 4.69) is 5.32 Å². The Morgan fingerprint density at radius 3 is 1.80 bits per heavy atom. The fourth-order valence-corrected chi connectivity index (χ4v) is 2.11. The van der Waals surface area contributed by atoms with Gasteiger partial charge in [-0.15, -0.1) is 0 Å². The van der Waals surface area contributed by atoms with Gasteiger partial charge in [-0.2, -0.15) is 0 Å². The summed E-state index contributed by atoms with van der Waals surface area (Å²) in [5.41, 5.74) is 4.00. The van der Waals surface area contributed by atoms with E-state index in [1.54, 1.807) is 0 Å². The largest absolute Gasteiger partial charge is 0.480 e. The zero-order valence-corrected chi connectivity index (χ0v) is 11.3. The van der Waals surface area contributed by atoms with Crippen molar-refractivity contribution in [3.63, 3.8) is 0 Å². The molecule has 0 aliphatic rings. The van der Waals surface area contributed by atoms with Gasteiger partial charge in [0.2, 0.25) is 0 Å². The summed E-state index contributed by atoms with van der Waals surface area (Å²) in [4.78, 5) is 10.7. The van der Waals surface area contributed by atoms with Gasteiger partial charge in [0.15, 0.2) is 0 Å². The first-order chi connectivity index (χ1) is 9.68. The van der Waals surface area contributed by atoms with E-state index in [4.69, 9.17) is 5.11 Å². The van der Waals surface area contributed by atoms with Crippen LogP contribution in [0.25, 0.3) is 5.57 Å². The van der Waals surface area contributed by atoms with E-state index in [0.717, 1.165) is 22.4 Å². The van der Waals surface area contributed by atoms with Crippen molar-refractivity contribution >= 4 is 11.5 Å². The van der Waals surface area contributed by atoms with Crippen LogP contribution in [0.5, 0.6) is 0 Å². The first-order valence-electron chi connectivity index (χ1n) is 6.46. The molecule has 2 aromatic carbocycles. The molecule has 102 valence electrons. The van der Waals surface area contributed by atoms with Gasteiger partial charge in [0, 0.05) is 11.3 Å². The number of carboxylic acids is 1. The smallest absolute Gasteiger partial charge is 0.322 e. The van der Waals surface area contributed by atoms with Crippen LogP contribution in [0.2, 0.25) is 0 Å². The molecule has 3 heteroatoms. The van der Waals surface area contributed by atoms with Crippen molar-refractivity contribution in [1.29, 1.82) is 0 Å². The Balaban J connectivity index is 2.44. The van der Waals surface area contributed by atoms with Gasteiger partial charge in [0.25, 0.3) is 0 Å². The molecule has 2 aromatic rings. The second kappa shape index (κ2) is 6.57. The lowest BCUT2D eigenvalue weighted by molar-refractivity contribution is -0.135. The van der Waals surface area contributed by atoms with Gasteiger partial charge in [-0.05, 0) is 18.1 Å². The van der Waals surface area contributed by atoms with Gasteiger partial charge in [-0.25, -0.2) is 0 Å². The van der Waals surface area contributed by atoms with E-state index in [1.807, 2.05) is 67.6 Å². The van der Waals surface area contributed by atoms with Crippen molar-refractivity contribution in [2.45, 2.75) is 6.92 Å². The number of rotatable bonds is 5. The van der Waals surface area contributed by atoms with Crippen molar-refractivity contribution in [2.75, 3.05) is 6.54 Å². The minimum absolute atomic E-state index is 0.0883. The van der Waals surface area contributed by atoms with E-state index < -0.39 is 5.97 Å². The number of allylic oxidation sites excluding steroid dienone is 1. The molecule has 3 nitrogen and oxygen atoms in total. The first-order valence-corrected chi connectivity index (χ1v) is 6.46.